The van der Waals surface area contributed by atoms with Gasteiger partial charge in [0, 0.05) is 24.5 Å². The number of rotatable bonds is 6. The number of hydrogen-bond donors (Lipinski definition) is 1. The van der Waals surface area contributed by atoms with Crippen molar-refractivity contribution < 1.29 is 14.1 Å². The van der Waals surface area contributed by atoms with Crippen LogP contribution in [0.2, 0.25) is 0 Å². The number of benzene rings is 1. The average molecular weight is 307 g/mol. The van der Waals surface area contributed by atoms with E-state index in [4.69, 9.17) is 4.74 Å². The van der Waals surface area contributed by atoms with Gasteiger partial charge in [-0.2, -0.15) is 5.10 Å². The van der Waals surface area contributed by atoms with Crippen molar-refractivity contribution in [1.82, 2.24) is 9.78 Å². The van der Waals surface area contributed by atoms with Gasteiger partial charge in [-0.25, -0.2) is 9.48 Å². The standard InChI is InChI=1S/C14H17N3O3S/c1-21(19)11-3-10-20-14(18)16-12-4-6-13(7-5-12)17-9-2-8-15-17/h2,4-9H,3,10-11H2,1H3,(H,16,18). The van der Waals surface area contributed by atoms with E-state index in [1.807, 2.05) is 24.4 Å². The highest BCUT2D eigenvalue weighted by atomic mass is 32.2. The summed E-state index contributed by atoms with van der Waals surface area (Å²) in [7, 11) is 0. The van der Waals surface area contributed by atoms with Crippen LogP contribution in [0.15, 0.2) is 42.7 Å². The fourth-order valence-corrected chi connectivity index (χ4v) is 2.22. The topological polar surface area (TPSA) is 79.2 Å². The second-order valence-electron chi connectivity index (χ2n) is 4.39. The number of anilines is 1. The number of hydrogen-bond acceptors (Lipinski definition) is 4. The number of nitrogens with one attached hydrogen (secondary N) is 1. The van der Waals surface area contributed by atoms with Crippen LogP contribution >= 0.6 is 0 Å². The Morgan fingerprint density at radius 3 is 2.81 bits per heavy atom. The van der Waals surface area contributed by atoms with Crippen LogP contribution in [-0.2, 0) is 15.9 Å². The van der Waals surface area contributed by atoms with E-state index in [9.17, 15) is 9.35 Å². The summed E-state index contributed by atoms with van der Waals surface area (Å²) < 4.78 is 17.6. The van der Waals surface area contributed by atoms with Crippen molar-refractivity contribution in [1.29, 1.82) is 0 Å². The van der Waals surface area contributed by atoms with Crippen molar-refractivity contribution in [3.8, 4) is 5.69 Å². The van der Waals surface area contributed by atoms with E-state index < -0.39 is 17.3 Å². The molecule has 112 valence electrons. The Hall–Kier alpha value is -1.99. The second-order valence-corrected chi connectivity index (χ2v) is 5.94. The minimum atomic E-state index is -0.856. The third kappa shape index (κ3) is 5.13. The number of ether oxygens (including phenoxy) is 1. The number of carbonyl (C=O) groups excluding carboxylic acids is 1. The molecule has 1 unspecified atom stereocenters. The molecule has 2 aromatic rings. The Balaban J connectivity index is 1.79. The second kappa shape index (κ2) is 7.70. The zero-order valence-corrected chi connectivity index (χ0v) is 12.5. The van der Waals surface area contributed by atoms with Gasteiger partial charge >= 0.3 is 6.09 Å². The van der Waals surface area contributed by atoms with Gasteiger partial charge in [-0.05, 0) is 30.3 Å². The third-order valence-electron chi connectivity index (χ3n) is 2.69. The van der Waals surface area contributed by atoms with Crippen LogP contribution in [0.5, 0.6) is 0 Å². The van der Waals surface area contributed by atoms with Crippen molar-refractivity contribution in [3.05, 3.63) is 42.7 Å². The third-order valence-corrected chi connectivity index (χ3v) is 3.56. The molecular weight excluding hydrogens is 290 g/mol. The van der Waals surface area contributed by atoms with Crippen LogP contribution in [0.1, 0.15) is 6.42 Å². The summed E-state index contributed by atoms with van der Waals surface area (Å²) >= 11 is -0.856. The van der Waals surface area contributed by atoms with Gasteiger partial charge in [0.1, 0.15) is 5.75 Å². The summed E-state index contributed by atoms with van der Waals surface area (Å²) in [6.45, 7) is 0.261. The molecule has 1 aromatic carbocycles. The summed E-state index contributed by atoms with van der Waals surface area (Å²) in [5.41, 5.74) is 1.55. The van der Waals surface area contributed by atoms with Gasteiger partial charge in [0.25, 0.3) is 0 Å². The van der Waals surface area contributed by atoms with Crippen LogP contribution in [0.3, 0.4) is 0 Å². The van der Waals surface area contributed by atoms with E-state index in [-0.39, 0.29) is 6.61 Å². The lowest BCUT2D eigenvalue weighted by atomic mass is 10.3. The Morgan fingerprint density at radius 2 is 2.19 bits per heavy atom. The molecule has 1 aromatic heterocycles. The molecule has 1 N–H and O–H groups in total. The molecule has 1 atom stereocenters. The van der Waals surface area contributed by atoms with Gasteiger partial charge in [-0.1, -0.05) is 11.2 Å². The van der Waals surface area contributed by atoms with Crippen LogP contribution in [0, 0.1) is 0 Å². The normalized spacial score (nSPS) is 11.9. The Labute approximate surface area is 126 Å². The maximum atomic E-state index is 11.5. The Bertz CT molecular complexity index is 555. The van der Waals surface area contributed by atoms with Crippen molar-refractivity contribution in [2.45, 2.75) is 6.42 Å². The van der Waals surface area contributed by atoms with Crippen LogP contribution in [0.25, 0.3) is 5.69 Å². The van der Waals surface area contributed by atoms with E-state index in [0.29, 0.717) is 17.9 Å². The smallest absolute Gasteiger partial charge is 0.411 e. The average Bonchev–Trinajstić information content (AvgIpc) is 2.98. The van der Waals surface area contributed by atoms with E-state index in [1.54, 1.807) is 29.3 Å². The molecule has 7 heteroatoms. The van der Waals surface area contributed by atoms with Gasteiger partial charge in [0.2, 0.25) is 0 Å². The molecule has 0 fully saturated rings. The molecule has 1 heterocycles. The predicted molar refractivity (Wildman–Crippen MR) is 82.1 cm³/mol. The van der Waals surface area contributed by atoms with Gasteiger partial charge in [-0.3, -0.25) is 5.32 Å². The van der Waals surface area contributed by atoms with Gasteiger partial charge < -0.3 is 9.29 Å². The predicted octanol–water partition coefficient (Wildman–Crippen LogP) is 2.19. The molecule has 2 rings (SSSR count). The lowest BCUT2D eigenvalue weighted by Gasteiger charge is -2.08. The van der Waals surface area contributed by atoms with Gasteiger partial charge in [-0.15, -0.1) is 0 Å². The quantitative estimate of drug-likeness (QED) is 0.655. The van der Waals surface area contributed by atoms with E-state index in [0.717, 1.165) is 5.69 Å². The molecule has 0 bridgehead atoms. The first-order valence-electron chi connectivity index (χ1n) is 6.49. The Morgan fingerprint density at radius 1 is 1.43 bits per heavy atom. The molecule has 1 amide bonds. The first-order valence-corrected chi connectivity index (χ1v) is 8.22. The highest BCUT2D eigenvalue weighted by Gasteiger charge is 2.05. The zero-order valence-electron chi connectivity index (χ0n) is 11.7. The molecule has 0 saturated carbocycles. The largest absolute Gasteiger partial charge is 0.617 e. The minimum absolute atomic E-state index is 0.261. The zero-order chi connectivity index (χ0) is 15.1. The molecule has 0 aliphatic carbocycles. The fraction of sp³-hybridized carbons (Fsp3) is 0.286. The maximum Gasteiger partial charge on any atom is 0.411 e. The molecule has 0 aliphatic rings. The van der Waals surface area contributed by atoms with E-state index >= 15 is 0 Å². The number of amides is 1. The first kappa shape index (κ1) is 15.4. The van der Waals surface area contributed by atoms with E-state index in [2.05, 4.69) is 10.4 Å². The summed E-state index contributed by atoms with van der Waals surface area (Å²) in [5.74, 6) is 0.534. The molecule has 0 radical (unpaired) electrons. The van der Waals surface area contributed by atoms with Gasteiger partial charge in [0.15, 0.2) is 0 Å². The Kier molecular flexibility index (Phi) is 5.65. The van der Waals surface area contributed by atoms with Crippen molar-refractivity contribution in [2.24, 2.45) is 0 Å². The molecule has 0 saturated heterocycles. The highest BCUT2D eigenvalue weighted by molar-refractivity contribution is 7.90. The summed E-state index contributed by atoms with van der Waals surface area (Å²) in [4.78, 5) is 11.5. The molecule has 0 spiro atoms. The van der Waals surface area contributed by atoms with Crippen molar-refractivity contribution >= 4 is 23.0 Å². The van der Waals surface area contributed by atoms with Crippen molar-refractivity contribution in [2.75, 3.05) is 23.9 Å². The number of carbonyl (C=O) groups is 1. The van der Waals surface area contributed by atoms with Crippen LogP contribution in [-0.4, -0.2) is 39.0 Å². The first-order chi connectivity index (χ1) is 10.1. The number of aromatic nitrogens is 2. The lowest BCUT2D eigenvalue weighted by molar-refractivity contribution is 0.162. The highest BCUT2D eigenvalue weighted by Crippen LogP contribution is 2.12. The molecule has 21 heavy (non-hydrogen) atoms. The SMILES string of the molecule is C[S+]([O-])CCCOC(=O)Nc1ccc(-n2cccn2)cc1. The monoisotopic (exact) mass is 307 g/mol. The molecule has 0 aliphatic heterocycles. The van der Waals surface area contributed by atoms with Crippen molar-refractivity contribution in [3.63, 3.8) is 0 Å². The fourth-order valence-electron chi connectivity index (χ4n) is 1.70. The minimum Gasteiger partial charge on any atom is -0.617 e. The van der Waals surface area contributed by atoms with E-state index in [1.165, 1.54) is 0 Å². The summed E-state index contributed by atoms with van der Waals surface area (Å²) in [6.07, 6.45) is 5.25. The molecule has 6 nitrogen and oxygen atoms in total. The van der Waals surface area contributed by atoms with Crippen LogP contribution in [0.4, 0.5) is 10.5 Å². The maximum absolute atomic E-state index is 11.5. The van der Waals surface area contributed by atoms with Gasteiger partial charge in [0.05, 0.1) is 18.6 Å². The summed E-state index contributed by atoms with van der Waals surface area (Å²) in [5, 5.41) is 6.76. The molecular formula is C14H17N3O3S. The number of nitrogens with zero attached hydrogens (tertiary/aromatic N) is 2. The summed E-state index contributed by atoms with van der Waals surface area (Å²) in [6, 6.07) is 9.09. The van der Waals surface area contributed by atoms with Crippen LogP contribution < -0.4 is 5.32 Å². The lowest BCUT2D eigenvalue weighted by Crippen LogP contribution is -2.16.